The number of hydrogen-bond donors (Lipinski definition) is 1. The summed E-state index contributed by atoms with van der Waals surface area (Å²) in [6.45, 7) is 1.27. The van der Waals surface area contributed by atoms with E-state index in [1.54, 1.807) is 0 Å². The fraction of sp³-hybridized carbons (Fsp3) is 0.158. The minimum Gasteiger partial charge on any atom is -0.449 e. The van der Waals surface area contributed by atoms with Crippen LogP contribution in [0.25, 0.3) is 6.08 Å². The molecule has 1 atom stereocenters. The van der Waals surface area contributed by atoms with Crippen LogP contribution in [0, 0.1) is 10.1 Å². The molecule has 0 spiro atoms. The smallest absolute Gasteiger partial charge is 0.449 e. The van der Waals surface area contributed by atoms with Gasteiger partial charge in [0.1, 0.15) is 5.75 Å². The van der Waals surface area contributed by atoms with Crippen LogP contribution in [0.1, 0.15) is 12.5 Å². The zero-order chi connectivity index (χ0) is 23.2. The fourth-order valence-electron chi connectivity index (χ4n) is 2.17. The number of nitro groups is 1. The minimum absolute atomic E-state index is 0.0273. The fourth-order valence-corrected chi connectivity index (χ4v) is 2.33. The van der Waals surface area contributed by atoms with Gasteiger partial charge in [-0.3, -0.25) is 14.9 Å². The number of carbonyl (C=O) groups is 2. The minimum atomic E-state index is -4.81. The average Bonchev–Trinajstić information content (AvgIpc) is 2.67. The highest BCUT2D eigenvalue weighted by atomic mass is 35.5. The molecule has 0 bridgehead atoms. The van der Waals surface area contributed by atoms with Crippen molar-refractivity contribution in [2.75, 3.05) is 5.32 Å². The van der Waals surface area contributed by atoms with Gasteiger partial charge in [-0.05, 0) is 36.8 Å². The monoisotopic (exact) mass is 458 g/mol. The number of alkyl halides is 3. The first kappa shape index (κ1) is 23.7. The Morgan fingerprint density at radius 1 is 1.19 bits per heavy atom. The molecule has 0 aliphatic rings. The summed E-state index contributed by atoms with van der Waals surface area (Å²) in [5.74, 6) is -2.10. The topological polar surface area (TPSA) is 108 Å². The summed E-state index contributed by atoms with van der Waals surface area (Å²) >= 11 is 5.89. The Hall–Kier alpha value is -3.60. The van der Waals surface area contributed by atoms with Crippen LogP contribution in [0.15, 0.2) is 48.5 Å². The molecule has 0 saturated heterocycles. The van der Waals surface area contributed by atoms with Crippen LogP contribution >= 0.6 is 11.6 Å². The summed E-state index contributed by atoms with van der Waals surface area (Å²) in [4.78, 5) is 34.2. The van der Waals surface area contributed by atoms with E-state index in [2.05, 4.69) is 10.1 Å². The molecule has 12 heteroatoms. The number of non-ortho nitro benzene ring substituents is 1. The number of nitrogens with one attached hydrogen (secondary N) is 1. The normalized spacial score (nSPS) is 12.3. The molecule has 0 radical (unpaired) electrons. The zero-order valence-corrected chi connectivity index (χ0v) is 16.4. The lowest BCUT2D eigenvalue weighted by molar-refractivity contribution is -0.384. The maximum Gasteiger partial charge on any atom is 0.573 e. The van der Waals surface area contributed by atoms with Crippen LogP contribution in [-0.2, 0) is 14.3 Å². The third kappa shape index (κ3) is 7.63. The number of hydrogen-bond acceptors (Lipinski definition) is 6. The van der Waals surface area contributed by atoms with E-state index in [0.717, 1.165) is 30.3 Å². The predicted octanol–water partition coefficient (Wildman–Crippen LogP) is 4.73. The van der Waals surface area contributed by atoms with E-state index in [-0.39, 0.29) is 16.4 Å². The highest BCUT2D eigenvalue weighted by Crippen LogP contribution is 2.27. The van der Waals surface area contributed by atoms with E-state index < -0.39 is 35.0 Å². The molecule has 1 unspecified atom stereocenters. The molecule has 2 rings (SSSR count). The molecular weight excluding hydrogens is 445 g/mol. The molecule has 1 amide bonds. The third-order valence-electron chi connectivity index (χ3n) is 3.61. The van der Waals surface area contributed by atoms with Crippen LogP contribution in [0.5, 0.6) is 5.75 Å². The Bertz CT molecular complexity index is 1010. The maximum atomic E-state index is 12.2. The second-order valence-electron chi connectivity index (χ2n) is 5.94. The number of rotatable bonds is 7. The van der Waals surface area contributed by atoms with Gasteiger partial charge in [0.15, 0.2) is 6.10 Å². The Balaban J connectivity index is 1.94. The SMILES string of the molecule is CC(OC(=O)/C=C/c1ccc(OC(F)(F)F)cc1)C(=O)Nc1cc([N+](=O)[O-])ccc1Cl. The summed E-state index contributed by atoms with van der Waals surface area (Å²) in [6.07, 6.45) is -3.84. The van der Waals surface area contributed by atoms with Crippen LogP contribution in [0.2, 0.25) is 5.02 Å². The van der Waals surface area contributed by atoms with E-state index in [9.17, 15) is 32.9 Å². The number of carbonyl (C=O) groups excluding carboxylic acids is 2. The molecule has 1 N–H and O–H groups in total. The molecule has 0 aromatic heterocycles. The zero-order valence-electron chi connectivity index (χ0n) is 15.7. The van der Waals surface area contributed by atoms with E-state index in [1.165, 1.54) is 31.2 Å². The lowest BCUT2D eigenvalue weighted by Crippen LogP contribution is -2.29. The Morgan fingerprint density at radius 2 is 1.84 bits per heavy atom. The van der Waals surface area contributed by atoms with Crippen LogP contribution in [0.3, 0.4) is 0 Å². The van der Waals surface area contributed by atoms with Crippen LogP contribution < -0.4 is 10.1 Å². The summed E-state index contributed by atoms with van der Waals surface area (Å²) in [5, 5.41) is 13.2. The van der Waals surface area contributed by atoms with Crippen molar-refractivity contribution in [2.24, 2.45) is 0 Å². The predicted molar refractivity (Wildman–Crippen MR) is 104 cm³/mol. The molecule has 31 heavy (non-hydrogen) atoms. The first-order valence-electron chi connectivity index (χ1n) is 8.44. The molecule has 2 aromatic carbocycles. The van der Waals surface area contributed by atoms with Crippen LogP contribution in [0.4, 0.5) is 24.5 Å². The number of anilines is 1. The number of nitro benzene ring substituents is 1. The largest absolute Gasteiger partial charge is 0.573 e. The molecule has 0 saturated carbocycles. The molecular formula is C19H14ClF3N2O6. The molecule has 164 valence electrons. The van der Waals surface area contributed by atoms with Gasteiger partial charge in [0, 0.05) is 18.2 Å². The van der Waals surface area contributed by atoms with Crippen LogP contribution in [-0.4, -0.2) is 29.3 Å². The van der Waals surface area contributed by atoms with Crippen molar-refractivity contribution < 1.29 is 37.2 Å². The number of amides is 1. The average molecular weight is 459 g/mol. The second kappa shape index (κ2) is 9.94. The first-order chi connectivity index (χ1) is 14.4. The lowest BCUT2D eigenvalue weighted by Gasteiger charge is -2.13. The van der Waals surface area contributed by atoms with Gasteiger partial charge >= 0.3 is 12.3 Å². The van der Waals surface area contributed by atoms with Crippen molar-refractivity contribution in [3.8, 4) is 5.75 Å². The van der Waals surface area contributed by atoms with Gasteiger partial charge in [0.25, 0.3) is 11.6 Å². The maximum absolute atomic E-state index is 12.2. The second-order valence-corrected chi connectivity index (χ2v) is 6.35. The molecule has 0 fully saturated rings. The highest BCUT2D eigenvalue weighted by molar-refractivity contribution is 6.33. The molecule has 0 heterocycles. The first-order valence-corrected chi connectivity index (χ1v) is 8.82. The number of nitrogens with zero attached hydrogens (tertiary/aromatic N) is 1. The van der Waals surface area contributed by atoms with E-state index in [0.29, 0.717) is 5.56 Å². The summed E-state index contributed by atoms with van der Waals surface area (Å²) in [5.41, 5.74) is 0.0614. The van der Waals surface area contributed by atoms with Crippen molar-refractivity contribution >= 4 is 40.9 Å². The van der Waals surface area contributed by atoms with Gasteiger partial charge in [0.05, 0.1) is 15.6 Å². The summed E-state index contributed by atoms with van der Waals surface area (Å²) < 4.78 is 45.0. The summed E-state index contributed by atoms with van der Waals surface area (Å²) in [6, 6.07) is 8.15. The Kier molecular flexibility index (Phi) is 7.59. The molecule has 0 aliphatic heterocycles. The third-order valence-corrected chi connectivity index (χ3v) is 3.94. The Labute approximate surface area is 178 Å². The van der Waals surface area contributed by atoms with E-state index in [4.69, 9.17) is 16.3 Å². The van der Waals surface area contributed by atoms with Gasteiger partial charge in [-0.15, -0.1) is 13.2 Å². The lowest BCUT2D eigenvalue weighted by atomic mass is 10.2. The van der Waals surface area contributed by atoms with Gasteiger partial charge in [-0.25, -0.2) is 4.79 Å². The van der Waals surface area contributed by atoms with Gasteiger partial charge in [-0.2, -0.15) is 0 Å². The molecule has 8 nitrogen and oxygen atoms in total. The molecule has 2 aromatic rings. The quantitative estimate of drug-likeness (QED) is 0.278. The number of benzene rings is 2. The van der Waals surface area contributed by atoms with Gasteiger partial charge in [-0.1, -0.05) is 23.7 Å². The van der Waals surface area contributed by atoms with Crippen molar-refractivity contribution in [2.45, 2.75) is 19.4 Å². The Morgan fingerprint density at radius 3 is 2.42 bits per heavy atom. The van der Waals surface area contributed by atoms with Crippen molar-refractivity contribution in [3.05, 3.63) is 69.2 Å². The van der Waals surface area contributed by atoms with E-state index >= 15 is 0 Å². The number of halogens is 4. The standard InChI is InChI=1S/C19H14ClF3N2O6/c1-11(18(27)24-16-10-13(25(28)29)5-8-15(16)20)30-17(26)9-4-12-2-6-14(7-3-12)31-19(21,22)23/h2-11H,1H3,(H,24,27)/b9-4+. The van der Waals surface area contributed by atoms with E-state index in [1.807, 2.05) is 0 Å². The van der Waals surface area contributed by atoms with Gasteiger partial charge in [0.2, 0.25) is 0 Å². The highest BCUT2D eigenvalue weighted by Gasteiger charge is 2.30. The van der Waals surface area contributed by atoms with Crippen molar-refractivity contribution in [1.29, 1.82) is 0 Å². The van der Waals surface area contributed by atoms with Gasteiger partial charge < -0.3 is 14.8 Å². The summed E-state index contributed by atoms with van der Waals surface area (Å²) in [7, 11) is 0. The number of esters is 1. The van der Waals surface area contributed by atoms with Crippen molar-refractivity contribution in [3.63, 3.8) is 0 Å². The van der Waals surface area contributed by atoms with Crippen molar-refractivity contribution in [1.82, 2.24) is 0 Å². The molecule has 0 aliphatic carbocycles. The number of ether oxygens (including phenoxy) is 2.